The Morgan fingerprint density at radius 1 is 1.47 bits per heavy atom. The van der Waals surface area contributed by atoms with Crippen LogP contribution in [0.4, 0.5) is 0 Å². The molecule has 15 heavy (non-hydrogen) atoms. The van der Waals surface area contributed by atoms with Gasteiger partial charge in [0.2, 0.25) is 15.0 Å². The predicted molar refractivity (Wildman–Crippen MR) is 48.4 cm³/mol. The van der Waals surface area contributed by atoms with E-state index in [1.54, 1.807) is 0 Å². The van der Waals surface area contributed by atoms with E-state index in [1.165, 1.54) is 7.05 Å². The number of aliphatic hydroxyl groups excluding tert-OH is 1. The van der Waals surface area contributed by atoms with E-state index < -0.39 is 39.9 Å². The Balaban J connectivity index is 2.33. The van der Waals surface area contributed by atoms with Gasteiger partial charge in [-0.1, -0.05) is 0 Å². The monoisotopic (exact) mass is 239 g/mol. The molecule has 2 heterocycles. The third-order valence-electron chi connectivity index (χ3n) is 2.79. The highest BCUT2D eigenvalue weighted by Crippen LogP contribution is 2.36. The van der Waals surface area contributed by atoms with Crippen molar-refractivity contribution in [3.8, 4) is 0 Å². The molecule has 0 amide bonds. The van der Waals surface area contributed by atoms with Crippen LogP contribution in [0.5, 0.6) is 0 Å². The largest absolute Gasteiger partial charge is 0.388 e. The van der Waals surface area contributed by atoms with Crippen molar-refractivity contribution < 1.29 is 28.1 Å². The summed E-state index contributed by atoms with van der Waals surface area (Å²) in [5.41, 5.74) is 0. The van der Waals surface area contributed by atoms with Gasteiger partial charge in [-0.2, -0.15) is 0 Å². The molecule has 0 aromatic rings. The molecule has 0 bridgehead atoms. The van der Waals surface area contributed by atoms with Crippen LogP contribution in [0.1, 0.15) is 0 Å². The number of nitrogens with one attached hydrogen (secondary N) is 1. The number of aliphatic hydroxyl groups is 2. The number of sulfonamides is 1. The Kier molecular flexibility index (Phi) is 2.53. The molecule has 4 atom stereocenters. The molecule has 0 spiro atoms. The summed E-state index contributed by atoms with van der Waals surface area (Å²) in [7, 11) is -2.73. The first-order valence-electron chi connectivity index (χ1n) is 4.49. The van der Waals surface area contributed by atoms with E-state index in [0.29, 0.717) is 0 Å². The molecule has 0 saturated carbocycles. The summed E-state index contributed by atoms with van der Waals surface area (Å²) in [5.74, 6) is 0. The van der Waals surface area contributed by atoms with Crippen LogP contribution < -0.4 is 4.72 Å². The van der Waals surface area contributed by atoms with Crippen LogP contribution in [0, 0.1) is 0 Å². The summed E-state index contributed by atoms with van der Waals surface area (Å²) < 4.78 is 35.3. The number of ether oxygens (including phenoxy) is 2. The second-order valence-electron chi connectivity index (χ2n) is 3.65. The number of rotatable bonds is 2. The molecule has 2 aliphatic rings. The third kappa shape index (κ3) is 1.41. The van der Waals surface area contributed by atoms with E-state index >= 15 is 0 Å². The summed E-state index contributed by atoms with van der Waals surface area (Å²) in [6, 6.07) is 0. The standard InChI is InChI=1S/C7H13NO6S/c1-8-15(11,12)7(10)3-14-5-4(9)2-13-6(5)7/h4-6,8-10H,2-3H2,1H3/t4-,5-,6+,7-/m1/s1. The molecular weight excluding hydrogens is 226 g/mol. The van der Waals surface area contributed by atoms with Crippen LogP contribution in [0.3, 0.4) is 0 Å². The van der Waals surface area contributed by atoms with Crippen molar-refractivity contribution in [1.29, 1.82) is 0 Å². The van der Waals surface area contributed by atoms with Crippen LogP contribution in [0.2, 0.25) is 0 Å². The minimum absolute atomic E-state index is 0.0309. The van der Waals surface area contributed by atoms with Crippen molar-refractivity contribution in [3.05, 3.63) is 0 Å². The highest BCUT2D eigenvalue weighted by atomic mass is 32.2. The zero-order valence-electron chi connectivity index (χ0n) is 8.08. The molecule has 2 fully saturated rings. The molecule has 88 valence electrons. The van der Waals surface area contributed by atoms with Crippen LogP contribution >= 0.6 is 0 Å². The molecule has 3 N–H and O–H groups in total. The fourth-order valence-corrected chi connectivity index (χ4v) is 2.97. The van der Waals surface area contributed by atoms with Gasteiger partial charge in [0.1, 0.15) is 18.3 Å². The zero-order valence-corrected chi connectivity index (χ0v) is 8.90. The topological polar surface area (TPSA) is 105 Å². The molecule has 0 radical (unpaired) electrons. The molecule has 8 heteroatoms. The molecule has 0 aliphatic carbocycles. The lowest BCUT2D eigenvalue weighted by atomic mass is 10.1. The van der Waals surface area contributed by atoms with Crippen LogP contribution in [0.15, 0.2) is 0 Å². The molecule has 0 unspecified atom stereocenters. The molecule has 2 saturated heterocycles. The van der Waals surface area contributed by atoms with E-state index in [-0.39, 0.29) is 6.61 Å². The molecule has 2 rings (SSSR count). The van der Waals surface area contributed by atoms with Crippen LogP contribution in [-0.2, 0) is 19.5 Å². The van der Waals surface area contributed by atoms with Crippen molar-refractivity contribution in [1.82, 2.24) is 4.72 Å². The third-order valence-corrected chi connectivity index (χ3v) is 4.60. The van der Waals surface area contributed by atoms with E-state index in [1.807, 2.05) is 4.72 Å². The Hall–Kier alpha value is -0.250. The summed E-state index contributed by atoms with van der Waals surface area (Å²) >= 11 is 0. The minimum Gasteiger partial charge on any atom is -0.388 e. The minimum atomic E-state index is -3.93. The quantitative estimate of drug-likeness (QED) is 0.487. The summed E-state index contributed by atoms with van der Waals surface area (Å²) in [5, 5.41) is 19.4. The van der Waals surface area contributed by atoms with E-state index in [0.717, 1.165) is 0 Å². The van der Waals surface area contributed by atoms with Gasteiger partial charge in [0, 0.05) is 0 Å². The molecule has 2 aliphatic heterocycles. The SMILES string of the molecule is CNS(=O)(=O)[C@]1(O)CO[C@@H]2[C@H](O)CO[C@@H]21. The van der Waals surface area contributed by atoms with Gasteiger partial charge < -0.3 is 19.7 Å². The Morgan fingerprint density at radius 2 is 2.13 bits per heavy atom. The lowest BCUT2D eigenvalue weighted by Gasteiger charge is -2.25. The summed E-state index contributed by atoms with van der Waals surface area (Å²) in [6.07, 6.45) is -2.71. The molecular formula is C7H13NO6S. The Morgan fingerprint density at radius 3 is 2.73 bits per heavy atom. The number of fused-ring (bicyclic) bond motifs is 1. The Bertz CT molecular complexity index is 356. The smallest absolute Gasteiger partial charge is 0.246 e. The van der Waals surface area contributed by atoms with Gasteiger partial charge in [0.25, 0.3) is 0 Å². The van der Waals surface area contributed by atoms with Gasteiger partial charge >= 0.3 is 0 Å². The van der Waals surface area contributed by atoms with Gasteiger partial charge in [-0.15, -0.1) is 0 Å². The first kappa shape index (κ1) is 11.2. The van der Waals surface area contributed by atoms with Crippen molar-refractivity contribution >= 4 is 10.0 Å². The second kappa shape index (κ2) is 3.37. The second-order valence-corrected chi connectivity index (χ2v) is 5.77. The van der Waals surface area contributed by atoms with Gasteiger partial charge in [0.15, 0.2) is 0 Å². The zero-order chi connectivity index (χ0) is 11.3. The normalized spacial score (nSPS) is 45.7. The highest BCUT2D eigenvalue weighted by Gasteiger charge is 2.62. The van der Waals surface area contributed by atoms with E-state index in [9.17, 15) is 18.6 Å². The van der Waals surface area contributed by atoms with Crippen LogP contribution in [-0.4, -0.2) is 62.1 Å². The van der Waals surface area contributed by atoms with Gasteiger partial charge in [-0.05, 0) is 7.05 Å². The van der Waals surface area contributed by atoms with Crippen molar-refractivity contribution in [2.24, 2.45) is 0 Å². The Labute approximate surface area is 87.0 Å². The van der Waals surface area contributed by atoms with Gasteiger partial charge in [-0.3, -0.25) is 0 Å². The maximum Gasteiger partial charge on any atom is 0.246 e. The average Bonchev–Trinajstić information content (AvgIpc) is 2.71. The average molecular weight is 239 g/mol. The fraction of sp³-hybridized carbons (Fsp3) is 1.00. The van der Waals surface area contributed by atoms with Gasteiger partial charge in [-0.25, -0.2) is 13.1 Å². The molecule has 0 aromatic heterocycles. The van der Waals surface area contributed by atoms with E-state index in [2.05, 4.69) is 0 Å². The fourth-order valence-electron chi connectivity index (χ4n) is 1.88. The lowest BCUT2D eigenvalue weighted by Crippen LogP contribution is -2.54. The first-order valence-corrected chi connectivity index (χ1v) is 5.97. The van der Waals surface area contributed by atoms with Gasteiger partial charge in [0.05, 0.1) is 13.2 Å². The molecule has 7 nitrogen and oxygen atoms in total. The number of hydrogen-bond acceptors (Lipinski definition) is 6. The highest BCUT2D eigenvalue weighted by molar-refractivity contribution is 7.90. The summed E-state index contributed by atoms with van der Waals surface area (Å²) in [6.45, 7) is -0.431. The maximum atomic E-state index is 11.6. The van der Waals surface area contributed by atoms with Crippen molar-refractivity contribution in [3.63, 3.8) is 0 Å². The van der Waals surface area contributed by atoms with Crippen molar-refractivity contribution in [2.75, 3.05) is 20.3 Å². The first-order chi connectivity index (χ1) is 6.92. The predicted octanol–water partition coefficient (Wildman–Crippen LogP) is -2.62. The molecule has 0 aromatic carbocycles. The van der Waals surface area contributed by atoms with Crippen LogP contribution in [0.25, 0.3) is 0 Å². The maximum absolute atomic E-state index is 11.6. The number of hydrogen-bond donors (Lipinski definition) is 3. The van der Waals surface area contributed by atoms with Crippen molar-refractivity contribution in [2.45, 2.75) is 23.2 Å². The van der Waals surface area contributed by atoms with E-state index in [4.69, 9.17) is 9.47 Å². The summed E-state index contributed by atoms with van der Waals surface area (Å²) in [4.78, 5) is -2.12. The lowest BCUT2D eigenvalue weighted by molar-refractivity contribution is -0.0196.